The van der Waals surface area contributed by atoms with Crippen molar-refractivity contribution in [3.63, 3.8) is 0 Å². The van der Waals surface area contributed by atoms with Crippen LogP contribution < -0.4 is 0 Å². The average Bonchev–Trinajstić information content (AvgIpc) is 2.73. The van der Waals surface area contributed by atoms with Gasteiger partial charge in [-0.25, -0.2) is 4.98 Å². The number of hydrogen-bond donors (Lipinski definition) is 0. The lowest BCUT2D eigenvalue weighted by molar-refractivity contribution is 0.107. The molecule has 0 spiro atoms. The minimum Gasteiger partial charge on any atom is -0.311 e. The van der Waals surface area contributed by atoms with E-state index in [9.17, 15) is 4.79 Å². The Morgan fingerprint density at radius 3 is 2.71 bits per heavy atom. The van der Waals surface area contributed by atoms with Gasteiger partial charge >= 0.3 is 0 Å². The molecule has 2 aromatic rings. The van der Waals surface area contributed by atoms with Gasteiger partial charge in [-0.15, -0.1) is 0 Å². The molecule has 0 radical (unpaired) electrons. The van der Waals surface area contributed by atoms with Crippen LogP contribution in [0.5, 0.6) is 0 Å². The molecule has 0 saturated carbocycles. The number of thioether (sulfide) groups is 1. The number of carbonyl (C=O) groups is 1. The Balaban J connectivity index is 2.37. The zero-order valence-electron chi connectivity index (χ0n) is 9.26. The van der Waals surface area contributed by atoms with E-state index in [0.717, 1.165) is 10.7 Å². The molecule has 1 aromatic carbocycles. The van der Waals surface area contributed by atoms with E-state index >= 15 is 0 Å². The molecule has 88 valence electrons. The number of aromatic nitrogens is 2. The molecule has 1 heterocycles. The summed E-state index contributed by atoms with van der Waals surface area (Å²) in [6.07, 6.45) is 3.44. The number of halogens is 1. The number of hydrogen-bond acceptors (Lipinski definition) is 3. The van der Waals surface area contributed by atoms with Gasteiger partial charge in [0, 0.05) is 0 Å². The molecule has 3 nitrogen and oxygen atoms in total. The highest BCUT2D eigenvalue weighted by atomic mass is 35.5. The van der Waals surface area contributed by atoms with Crippen molar-refractivity contribution >= 4 is 28.6 Å². The maximum Gasteiger partial charge on any atom is 0.270 e. The molecule has 0 aliphatic carbocycles. The third-order valence-electron chi connectivity index (χ3n) is 2.39. The van der Waals surface area contributed by atoms with E-state index in [1.54, 1.807) is 0 Å². The predicted molar refractivity (Wildman–Crippen MR) is 69.7 cm³/mol. The van der Waals surface area contributed by atoms with Gasteiger partial charge in [-0.2, -0.15) is 0 Å². The highest BCUT2D eigenvalue weighted by molar-refractivity contribution is 7.98. The fraction of sp³-hybridized carbons (Fsp3) is 0.167. The third kappa shape index (κ3) is 2.70. The highest BCUT2D eigenvalue weighted by Gasteiger charge is 2.14. The monoisotopic (exact) mass is 266 g/mol. The highest BCUT2D eigenvalue weighted by Crippen LogP contribution is 2.19. The standard InChI is InChI=1S/C12H11ClN2OS/c1-17-12-14-7-10(11(13)16)15(12)8-9-5-3-2-4-6-9/h2-7H,8H2,1H3. The number of nitrogens with zero attached hydrogens (tertiary/aromatic N) is 2. The second kappa shape index (κ2) is 5.38. The smallest absolute Gasteiger partial charge is 0.270 e. The summed E-state index contributed by atoms with van der Waals surface area (Å²) in [7, 11) is 0. The van der Waals surface area contributed by atoms with Crippen LogP contribution in [0.1, 0.15) is 16.1 Å². The first-order valence-electron chi connectivity index (χ1n) is 5.05. The normalized spacial score (nSPS) is 10.5. The SMILES string of the molecule is CSc1ncc(C(=O)Cl)n1Cc1ccccc1. The van der Waals surface area contributed by atoms with Crippen LogP contribution in [0.25, 0.3) is 0 Å². The van der Waals surface area contributed by atoms with Gasteiger partial charge in [-0.3, -0.25) is 4.79 Å². The molecule has 0 bridgehead atoms. The topological polar surface area (TPSA) is 34.9 Å². The molecule has 5 heteroatoms. The number of imidazole rings is 1. The molecule has 2 rings (SSSR count). The fourth-order valence-corrected chi connectivity index (χ4v) is 2.29. The van der Waals surface area contributed by atoms with Gasteiger partial charge < -0.3 is 4.57 Å². The molecule has 0 atom stereocenters. The van der Waals surface area contributed by atoms with Crippen LogP contribution >= 0.6 is 23.4 Å². The van der Waals surface area contributed by atoms with Crippen LogP contribution in [0.2, 0.25) is 0 Å². The molecular formula is C12H11ClN2OS. The summed E-state index contributed by atoms with van der Waals surface area (Å²) in [5, 5.41) is 0.312. The van der Waals surface area contributed by atoms with Crippen molar-refractivity contribution < 1.29 is 4.79 Å². The van der Waals surface area contributed by atoms with Gasteiger partial charge in [-0.1, -0.05) is 42.1 Å². The zero-order valence-corrected chi connectivity index (χ0v) is 10.8. The summed E-state index contributed by atoms with van der Waals surface area (Å²) in [4.78, 5) is 15.5. The molecule has 0 saturated heterocycles. The predicted octanol–water partition coefficient (Wildman–Crippen LogP) is 3.03. The average molecular weight is 267 g/mol. The van der Waals surface area contributed by atoms with E-state index in [1.807, 2.05) is 41.2 Å². The van der Waals surface area contributed by atoms with Crippen molar-refractivity contribution in [2.45, 2.75) is 11.7 Å². The number of carbonyl (C=O) groups excluding carboxylic acids is 1. The summed E-state index contributed by atoms with van der Waals surface area (Å²) in [6, 6.07) is 9.90. The van der Waals surface area contributed by atoms with Crippen molar-refractivity contribution in [2.24, 2.45) is 0 Å². The largest absolute Gasteiger partial charge is 0.311 e. The summed E-state index contributed by atoms with van der Waals surface area (Å²) in [6.45, 7) is 0.602. The second-order valence-electron chi connectivity index (χ2n) is 3.48. The number of rotatable bonds is 4. The molecule has 0 unspecified atom stereocenters. The summed E-state index contributed by atoms with van der Waals surface area (Å²) in [5.41, 5.74) is 1.54. The maximum absolute atomic E-state index is 11.3. The van der Waals surface area contributed by atoms with Crippen molar-refractivity contribution in [1.29, 1.82) is 0 Å². The van der Waals surface area contributed by atoms with Crippen LogP contribution in [-0.4, -0.2) is 21.0 Å². The molecule has 17 heavy (non-hydrogen) atoms. The molecule has 0 aliphatic rings. The maximum atomic E-state index is 11.3. The van der Waals surface area contributed by atoms with E-state index in [4.69, 9.17) is 11.6 Å². The molecule has 0 aliphatic heterocycles. The molecule has 1 aromatic heterocycles. The molecule has 0 amide bonds. The van der Waals surface area contributed by atoms with Crippen LogP contribution in [-0.2, 0) is 6.54 Å². The Bertz CT molecular complexity index is 525. The first-order chi connectivity index (χ1) is 8.22. The van der Waals surface area contributed by atoms with E-state index in [2.05, 4.69) is 4.98 Å². The van der Waals surface area contributed by atoms with Gasteiger partial charge in [0.25, 0.3) is 5.24 Å². The molecular weight excluding hydrogens is 256 g/mol. The Labute approximate surface area is 109 Å². The van der Waals surface area contributed by atoms with Crippen molar-refractivity contribution in [3.8, 4) is 0 Å². The summed E-state index contributed by atoms with van der Waals surface area (Å²) >= 11 is 7.03. The van der Waals surface area contributed by atoms with Crippen molar-refractivity contribution in [2.75, 3.05) is 6.26 Å². The second-order valence-corrected chi connectivity index (χ2v) is 4.59. The van der Waals surface area contributed by atoms with E-state index in [1.165, 1.54) is 18.0 Å². The first-order valence-corrected chi connectivity index (χ1v) is 6.66. The van der Waals surface area contributed by atoms with Crippen molar-refractivity contribution in [3.05, 3.63) is 47.8 Å². The van der Waals surface area contributed by atoms with Crippen LogP contribution in [0.15, 0.2) is 41.7 Å². The van der Waals surface area contributed by atoms with E-state index in [-0.39, 0.29) is 0 Å². The quantitative estimate of drug-likeness (QED) is 0.630. The van der Waals surface area contributed by atoms with E-state index < -0.39 is 5.24 Å². The molecule has 0 N–H and O–H groups in total. The Morgan fingerprint density at radius 2 is 2.12 bits per heavy atom. The van der Waals surface area contributed by atoms with Gasteiger partial charge in [0.05, 0.1) is 12.7 Å². The lowest BCUT2D eigenvalue weighted by Gasteiger charge is -2.08. The molecule has 0 fully saturated rings. The van der Waals surface area contributed by atoms with Gasteiger partial charge in [0.1, 0.15) is 5.69 Å². The minimum absolute atomic E-state index is 0.430. The van der Waals surface area contributed by atoms with Crippen LogP contribution in [0.3, 0.4) is 0 Å². The van der Waals surface area contributed by atoms with Gasteiger partial charge in [0.15, 0.2) is 5.16 Å². The lowest BCUT2D eigenvalue weighted by Crippen LogP contribution is -2.07. The summed E-state index contributed by atoms with van der Waals surface area (Å²) < 4.78 is 1.83. The lowest BCUT2D eigenvalue weighted by atomic mass is 10.2. The van der Waals surface area contributed by atoms with E-state index in [0.29, 0.717) is 12.2 Å². The summed E-state index contributed by atoms with van der Waals surface area (Å²) in [5.74, 6) is 0. The van der Waals surface area contributed by atoms with Gasteiger partial charge in [-0.05, 0) is 23.4 Å². The van der Waals surface area contributed by atoms with Crippen LogP contribution in [0.4, 0.5) is 0 Å². The zero-order chi connectivity index (χ0) is 12.3. The minimum atomic E-state index is -0.478. The van der Waals surface area contributed by atoms with Crippen molar-refractivity contribution in [1.82, 2.24) is 9.55 Å². The van der Waals surface area contributed by atoms with Crippen LogP contribution in [0, 0.1) is 0 Å². The number of benzene rings is 1. The fourth-order valence-electron chi connectivity index (χ4n) is 1.60. The third-order valence-corrected chi connectivity index (χ3v) is 3.27. The van der Waals surface area contributed by atoms with Gasteiger partial charge in [0.2, 0.25) is 0 Å². The Hall–Kier alpha value is -1.26. The first kappa shape index (κ1) is 12.2. The Morgan fingerprint density at radius 1 is 1.41 bits per heavy atom. The Kier molecular flexibility index (Phi) is 3.86.